The normalized spacial score (nSPS) is 21.8. The summed E-state index contributed by atoms with van der Waals surface area (Å²) < 4.78 is 2.05. The number of fused-ring (bicyclic) bond motifs is 1. The molecule has 2 aliphatic rings. The molecule has 0 spiro atoms. The quantitative estimate of drug-likeness (QED) is 0.932. The highest BCUT2D eigenvalue weighted by Crippen LogP contribution is 2.20. The van der Waals surface area contributed by atoms with Crippen LogP contribution in [0.2, 0.25) is 0 Å². The Hall–Kier alpha value is -2.08. The van der Waals surface area contributed by atoms with Gasteiger partial charge in [-0.25, -0.2) is 9.78 Å². The summed E-state index contributed by atoms with van der Waals surface area (Å²) in [6.45, 7) is 4.57. The number of hydrogen-bond acceptors (Lipinski definition) is 3. The zero-order valence-electron chi connectivity index (χ0n) is 14.9. The van der Waals surface area contributed by atoms with Crippen molar-refractivity contribution in [2.45, 2.75) is 38.3 Å². The van der Waals surface area contributed by atoms with E-state index < -0.39 is 0 Å². The molecule has 2 fully saturated rings. The number of para-hydroxylation sites is 2. The fourth-order valence-electron chi connectivity index (χ4n) is 4.13. The molecule has 1 aromatic heterocycles. The SMILES string of the molecule is Cn1c(CNC(=O)N2CCC(N3CCCCC3)C2)nc2ccccc21. The van der Waals surface area contributed by atoms with Crippen LogP contribution in [0.25, 0.3) is 11.0 Å². The molecule has 2 saturated heterocycles. The second-order valence-electron chi connectivity index (χ2n) is 7.22. The number of amides is 2. The predicted molar refractivity (Wildman–Crippen MR) is 98.4 cm³/mol. The molecule has 0 saturated carbocycles. The van der Waals surface area contributed by atoms with Crippen LogP contribution >= 0.6 is 0 Å². The summed E-state index contributed by atoms with van der Waals surface area (Å²) in [5, 5.41) is 3.05. The molecule has 3 heterocycles. The summed E-state index contributed by atoms with van der Waals surface area (Å²) in [4.78, 5) is 21.7. The van der Waals surface area contributed by atoms with Crippen molar-refractivity contribution in [2.75, 3.05) is 26.2 Å². The molecule has 1 atom stereocenters. The molecule has 0 bridgehead atoms. The Balaban J connectivity index is 1.33. The molecule has 2 aromatic rings. The number of piperidine rings is 1. The standard InChI is InChI=1S/C19H27N5O/c1-22-17-8-4-3-7-16(17)21-18(22)13-20-19(25)24-12-9-15(14-24)23-10-5-2-6-11-23/h3-4,7-8,15H,2,5-6,9-14H2,1H3,(H,20,25). The fraction of sp³-hybridized carbons (Fsp3) is 0.579. The molecule has 134 valence electrons. The number of urea groups is 1. The summed E-state index contributed by atoms with van der Waals surface area (Å²) in [5.41, 5.74) is 2.07. The van der Waals surface area contributed by atoms with Gasteiger partial charge in [0.05, 0.1) is 17.6 Å². The number of benzene rings is 1. The van der Waals surface area contributed by atoms with E-state index in [1.807, 2.05) is 30.1 Å². The van der Waals surface area contributed by atoms with Crippen LogP contribution in [-0.4, -0.2) is 57.6 Å². The molecule has 1 aromatic carbocycles. The lowest BCUT2D eigenvalue weighted by molar-refractivity contribution is 0.161. The van der Waals surface area contributed by atoms with E-state index in [-0.39, 0.29) is 6.03 Å². The van der Waals surface area contributed by atoms with Crippen molar-refractivity contribution >= 4 is 17.1 Å². The number of rotatable bonds is 3. The van der Waals surface area contributed by atoms with E-state index in [0.29, 0.717) is 12.6 Å². The van der Waals surface area contributed by atoms with Gasteiger partial charge in [-0.1, -0.05) is 18.6 Å². The number of aromatic nitrogens is 2. The molecule has 0 radical (unpaired) electrons. The van der Waals surface area contributed by atoms with Crippen LogP contribution < -0.4 is 5.32 Å². The van der Waals surface area contributed by atoms with Gasteiger partial charge in [0.15, 0.2) is 0 Å². The zero-order valence-corrected chi connectivity index (χ0v) is 14.9. The van der Waals surface area contributed by atoms with Crippen molar-refractivity contribution in [3.8, 4) is 0 Å². The monoisotopic (exact) mass is 341 g/mol. The molecule has 2 amide bonds. The Bertz CT molecular complexity index is 749. The van der Waals surface area contributed by atoms with Gasteiger partial charge in [0.1, 0.15) is 5.82 Å². The van der Waals surface area contributed by atoms with E-state index in [1.54, 1.807) is 0 Å². The summed E-state index contributed by atoms with van der Waals surface area (Å²) in [6.07, 6.45) is 5.05. The van der Waals surface area contributed by atoms with Crippen LogP contribution in [0.5, 0.6) is 0 Å². The minimum absolute atomic E-state index is 0.0339. The van der Waals surface area contributed by atoms with E-state index in [2.05, 4.69) is 25.8 Å². The highest BCUT2D eigenvalue weighted by atomic mass is 16.2. The maximum absolute atomic E-state index is 12.5. The number of hydrogen-bond donors (Lipinski definition) is 1. The first-order chi connectivity index (χ1) is 12.2. The van der Waals surface area contributed by atoms with Crippen LogP contribution in [0.4, 0.5) is 4.79 Å². The molecule has 6 heteroatoms. The van der Waals surface area contributed by atoms with Gasteiger partial charge in [0.2, 0.25) is 0 Å². The maximum atomic E-state index is 12.5. The number of nitrogens with zero attached hydrogens (tertiary/aromatic N) is 4. The summed E-state index contributed by atoms with van der Waals surface area (Å²) in [7, 11) is 2.00. The summed E-state index contributed by atoms with van der Waals surface area (Å²) in [6, 6.07) is 8.63. The van der Waals surface area contributed by atoms with Gasteiger partial charge >= 0.3 is 6.03 Å². The summed E-state index contributed by atoms with van der Waals surface area (Å²) >= 11 is 0. The minimum Gasteiger partial charge on any atom is -0.331 e. The van der Waals surface area contributed by atoms with Crippen LogP contribution in [0.3, 0.4) is 0 Å². The van der Waals surface area contributed by atoms with Crippen LogP contribution in [0.15, 0.2) is 24.3 Å². The van der Waals surface area contributed by atoms with Crippen LogP contribution in [0, 0.1) is 0 Å². The number of likely N-dealkylation sites (tertiary alicyclic amines) is 2. The van der Waals surface area contributed by atoms with E-state index >= 15 is 0 Å². The van der Waals surface area contributed by atoms with Crippen LogP contribution in [-0.2, 0) is 13.6 Å². The topological polar surface area (TPSA) is 53.4 Å². The summed E-state index contributed by atoms with van der Waals surface area (Å²) in [5.74, 6) is 0.890. The minimum atomic E-state index is 0.0339. The number of nitrogens with one attached hydrogen (secondary N) is 1. The third kappa shape index (κ3) is 3.35. The highest BCUT2D eigenvalue weighted by Gasteiger charge is 2.30. The molecule has 6 nitrogen and oxygen atoms in total. The van der Waals surface area contributed by atoms with Crippen molar-refractivity contribution in [1.29, 1.82) is 0 Å². The number of imidazole rings is 1. The van der Waals surface area contributed by atoms with E-state index in [9.17, 15) is 4.79 Å². The lowest BCUT2D eigenvalue weighted by Crippen LogP contribution is -2.43. The van der Waals surface area contributed by atoms with Gasteiger partial charge in [-0.2, -0.15) is 0 Å². The first-order valence-corrected chi connectivity index (χ1v) is 9.39. The van der Waals surface area contributed by atoms with Gasteiger partial charge in [-0.15, -0.1) is 0 Å². The van der Waals surface area contributed by atoms with Crippen molar-refractivity contribution in [1.82, 2.24) is 24.7 Å². The molecule has 2 aliphatic heterocycles. The van der Waals surface area contributed by atoms with E-state index in [0.717, 1.165) is 36.4 Å². The van der Waals surface area contributed by atoms with Crippen molar-refractivity contribution in [3.63, 3.8) is 0 Å². The molecule has 1 N–H and O–H groups in total. The predicted octanol–water partition coefficient (Wildman–Crippen LogP) is 2.34. The molecule has 1 unspecified atom stereocenters. The van der Waals surface area contributed by atoms with Gasteiger partial charge < -0.3 is 14.8 Å². The molecule has 25 heavy (non-hydrogen) atoms. The molecule has 4 rings (SSSR count). The van der Waals surface area contributed by atoms with Crippen molar-refractivity contribution in [2.24, 2.45) is 7.05 Å². The lowest BCUT2D eigenvalue weighted by Gasteiger charge is -2.32. The Morgan fingerprint density at radius 2 is 2.00 bits per heavy atom. The van der Waals surface area contributed by atoms with Gasteiger partial charge in [0, 0.05) is 26.2 Å². The Morgan fingerprint density at radius 3 is 2.80 bits per heavy atom. The van der Waals surface area contributed by atoms with Crippen molar-refractivity contribution < 1.29 is 4.79 Å². The second kappa shape index (κ2) is 7.04. The fourth-order valence-corrected chi connectivity index (χ4v) is 4.13. The molecule has 0 aliphatic carbocycles. The average Bonchev–Trinajstić information content (AvgIpc) is 3.26. The first kappa shape index (κ1) is 16.4. The molecular formula is C19H27N5O. The van der Waals surface area contributed by atoms with Crippen LogP contribution in [0.1, 0.15) is 31.5 Å². The number of aryl methyl sites for hydroxylation is 1. The zero-order chi connectivity index (χ0) is 17.2. The van der Waals surface area contributed by atoms with Gasteiger partial charge in [-0.05, 0) is 44.5 Å². The smallest absolute Gasteiger partial charge is 0.317 e. The first-order valence-electron chi connectivity index (χ1n) is 9.39. The highest BCUT2D eigenvalue weighted by molar-refractivity contribution is 5.76. The Morgan fingerprint density at radius 1 is 1.20 bits per heavy atom. The average molecular weight is 341 g/mol. The maximum Gasteiger partial charge on any atom is 0.317 e. The Labute approximate surface area is 148 Å². The third-order valence-electron chi connectivity index (χ3n) is 5.64. The number of carbonyl (C=O) groups is 1. The van der Waals surface area contributed by atoms with Crippen molar-refractivity contribution in [3.05, 3.63) is 30.1 Å². The van der Waals surface area contributed by atoms with E-state index in [1.165, 1.54) is 32.4 Å². The van der Waals surface area contributed by atoms with Gasteiger partial charge in [0.25, 0.3) is 0 Å². The number of carbonyl (C=O) groups excluding carboxylic acids is 1. The van der Waals surface area contributed by atoms with E-state index in [4.69, 9.17) is 0 Å². The van der Waals surface area contributed by atoms with Gasteiger partial charge in [-0.3, -0.25) is 4.90 Å². The molecular weight excluding hydrogens is 314 g/mol. The lowest BCUT2D eigenvalue weighted by atomic mass is 10.1. The Kier molecular flexibility index (Phi) is 4.61. The third-order valence-corrected chi connectivity index (χ3v) is 5.64. The largest absolute Gasteiger partial charge is 0.331 e. The second-order valence-corrected chi connectivity index (χ2v) is 7.22.